The Labute approximate surface area is 537 Å². The highest BCUT2D eigenvalue weighted by molar-refractivity contribution is 5.78. The number of piperidine rings is 2. The van der Waals surface area contributed by atoms with E-state index in [-0.39, 0.29) is 85.3 Å². The summed E-state index contributed by atoms with van der Waals surface area (Å²) in [5, 5.41) is 6.41. The van der Waals surface area contributed by atoms with Gasteiger partial charge in [-0.2, -0.15) is 0 Å². The lowest BCUT2D eigenvalue weighted by Gasteiger charge is -2.54. The number of benzene rings is 2. The fourth-order valence-corrected chi connectivity index (χ4v) is 22.4. The number of fused-ring (bicyclic) bond motifs is 12. The van der Waals surface area contributed by atoms with Crippen molar-refractivity contribution >= 4 is 24.1 Å². The second-order valence-electron chi connectivity index (χ2n) is 32.0. The number of ether oxygens (including phenoxy) is 6. The molecule has 492 valence electrons. The van der Waals surface area contributed by atoms with Crippen LogP contribution in [0.5, 0.6) is 0 Å². The first kappa shape index (κ1) is 64.0. The molecule has 90 heavy (non-hydrogen) atoms. The summed E-state index contributed by atoms with van der Waals surface area (Å²) in [7, 11) is 0. The molecule has 0 radical (unpaired) electrons. The van der Waals surface area contributed by atoms with Crippen LogP contribution in [0.4, 0.5) is 9.59 Å². The highest BCUT2D eigenvalue weighted by Gasteiger charge is 2.63. The summed E-state index contributed by atoms with van der Waals surface area (Å²) < 4.78 is 37.1. The zero-order chi connectivity index (χ0) is 62.9. The molecule has 14 rings (SSSR count). The van der Waals surface area contributed by atoms with Gasteiger partial charge in [0.25, 0.3) is 0 Å². The number of hydrogen-bond donors (Lipinski definition) is 3. The van der Waals surface area contributed by atoms with Crippen molar-refractivity contribution in [3.63, 3.8) is 0 Å². The van der Waals surface area contributed by atoms with E-state index in [0.29, 0.717) is 71.4 Å². The quantitative estimate of drug-likeness (QED) is 0.123. The van der Waals surface area contributed by atoms with Gasteiger partial charge in [0.05, 0.1) is 36.0 Å². The number of alkyl carbamates (subject to hydrolysis) is 1. The molecule has 4 N–H and O–H groups in total. The Morgan fingerprint density at radius 3 is 1.71 bits per heavy atom. The minimum atomic E-state index is -0.618. The molecule has 4 aliphatic heterocycles. The van der Waals surface area contributed by atoms with Gasteiger partial charge in [-0.05, 0) is 230 Å². The van der Waals surface area contributed by atoms with E-state index < -0.39 is 12.1 Å². The van der Waals surface area contributed by atoms with Crippen LogP contribution < -0.4 is 16.4 Å². The van der Waals surface area contributed by atoms with E-state index in [1.807, 2.05) is 71.1 Å². The van der Waals surface area contributed by atoms with Crippen LogP contribution in [0.3, 0.4) is 0 Å². The maximum Gasteiger partial charge on any atom is 0.410 e. The molecule has 14 heteroatoms. The minimum absolute atomic E-state index is 0.00134. The number of likely N-dealkylation sites (tertiary alicyclic amines) is 1. The third kappa shape index (κ3) is 12.2. The van der Waals surface area contributed by atoms with Crippen molar-refractivity contribution in [2.45, 2.75) is 245 Å². The van der Waals surface area contributed by atoms with E-state index >= 15 is 0 Å². The maximum atomic E-state index is 13.7. The third-order valence-electron chi connectivity index (χ3n) is 27.1. The fourth-order valence-electron chi connectivity index (χ4n) is 22.4. The lowest BCUT2D eigenvalue weighted by Crippen LogP contribution is -2.54. The van der Waals surface area contributed by atoms with E-state index in [1.54, 1.807) is 11.1 Å². The molecule has 22 atom stereocenters. The number of nitrogens with one attached hydrogen (secondary N) is 2. The summed E-state index contributed by atoms with van der Waals surface area (Å²) in [5.41, 5.74) is 14.5. The number of allylic oxidation sites excluding steroid dienone is 2. The molecule has 0 bridgehead atoms. The van der Waals surface area contributed by atoms with Gasteiger partial charge < -0.3 is 49.7 Å². The van der Waals surface area contributed by atoms with E-state index in [1.165, 1.54) is 69.8 Å². The molecule has 4 heterocycles. The van der Waals surface area contributed by atoms with E-state index in [4.69, 9.17) is 34.2 Å². The summed E-state index contributed by atoms with van der Waals surface area (Å²) in [4.78, 5) is 52.4. The molecular formula is C76H108N4O10. The summed E-state index contributed by atoms with van der Waals surface area (Å²) in [5.74, 6) is 6.75. The highest BCUT2D eigenvalue weighted by atomic mass is 16.6. The lowest BCUT2D eigenvalue weighted by atomic mass is 9.52. The molecule has 8 aliphatic carbocycles. The number of hydrogen-bond acceptors (Lipinski definition) is 12. The first-order chi connectivity index (χ1) is 43.3. The van der Waals surface area contributed by atoms with Gasteiger partial charge in [0.2, 0.25) is 0 Å². The van der Waals surface area contributed by atoms with Gasteiger partial charge in [0.1, 0.15) is 32.0 Å². The first-order valence-electron chi connectivity index (χ1n) is 35.7. The predicted molar refractivity (Wildman–Crippen MR) is 346 cm³/mol. The van der Waals surface area contributed by atoms with Gasteiger partial charge in [-0.1, -0.05) is 124 Å². The molecule has 2 aromatic carbocycles. The maximum absolute atomic E-state index is 13.7. The Kier molecular flexibility index (Phi) is 18.4. The molecular weight excluding hydrogens is 1130 g/mol. The van der Waals surface area contributed by atoms with Crippen molar-refractivity contribution in [2.75, 3.05) is 26.2 Å². The molecule has 2 aromatic rings. The Balaban J connectivity index is 0.000000182. The number of esters is 2. The summed E-state index contributed by atoms with van der Waals surface area (Å²) >= 11 is 0. The SMILES string of the molecule is CC1=C2C[C@H]3[C@@H](CC[C@@H]4C[C@H](OC(=O)CN)CC[C@@]43C)[C@@H]2CC[C@@]2(C1)O[C@@H]1C[C@H](C)CN[C@H]1[C@H]2C.CC1=C2C[C@H]3[C@@H](CC[C@@H]4C[C@H](OC(=O)CNC(=O)OCc5ccccc5)CC[C@@]43C)[C@@H]2CC[C@@]2(C1)O[C@@H]1C[C@H](C)CN(C(=O)OCc3ccccc3)[C@H]1[C@H]2C. The molecule has 10 fully saturated rings. The van der Waals surface area contributed by atoms with Crippen molar-refractivity contribution in [3.8, 4) is 0 Å². The minimum Gasteiger partial charge on any atom is -0.461 e. The number of carbonyl (C=O) groups is 4. The van der Waals surface area contributed by atoms with Crippen LogP contribution in [0, 0.1) is 81.8 Å². The van der Waals surface area contributed by atoms with Gasteiger partial charge in [-0.25, -0.2) is 9.59 Å². The predicted octanol–water partition coefficient (Wildman–Crippen LogP) is 14.0. The van der Waals surface area contributed by atoms with Crippen LogP contribution in [0.25, 0.3) is 0 Å². The second-order valence-corrected chi connectivity index (χ2v) is 32.0. The summed E-state index contributed by atoms with van der Waals surface area (Å²) in [6.45, 7) is 21.4. The van der Waals surface area contributed by atoms with Crippen molar-refractivity contribution < 1.29 is 47.6 Å². The van der Waals surface area contributed by atoms with Gasteiger partial charge in [0.15, 0.2) is 0 Å². The average Bonchev–Trinajstić information content (AvgIpc) is 1.56. The number of nitrogens with two attached hydrogens (primary N) is 1. The van der Waals surface area contributed by atoms with Crippen LogP contribution in [-0.4, -0.2) is 103 Å². The molecule has 2 spiro atoms. The highest BCUT2D eigenvalue weighted by Crippen LogP contribution is 2.68. The van der Waals surface area contributed by atoms with E-state index in [0.717, 1.165) is 99.6 Å². The first-order valence-corrected chi connectivity index (χ1v) is 35.7. The standard InChI is InChI=1S/C46H60N2O7.C30H48N2O3/c1-29-21-40-42(48(26-29)44(51)53-28-33-13-9-6-10-14-33)31(3)46(55-40)20-18-36-37-16-15-34-22-35(17-19-45(34,4)39(37)23-38(36)30(2)24-46)54-41(49)25-47-43(50)52-27-32-11-7-5-8-12-32;1-17-11-26-28(32-16-17)19(3)30(35-26)10-8-22-23-6-5-20-12-21(34-27(33)15-31)7-9-29(20,4)25(23)13-24(22)18(2)14-30/h5-14,29,31,34-37,39-40,42H,15-28H2,1-4H3,(H,47,50);17,19-23,25-26,28,32H,5-16,31H2,1-4H3/t29-,31+,34+,35+,36-,37-,39-,40+,42-,45-,46-;17-,19+,20+,21+,22-,23-,25-,26+,28-,29-,30-/m00/s1. The summed E-state index contributed by atoms with van der Waals surface area (Å²) in [6, 6.07) is 20.0. The van der Waals surface area contributed by atoms with Gasteiger partial charge in [0, 0.05) is 24.4 Å². The van der Waals surface area contributed by atoms with Crippen molar-refractivity contribution in [3.05, 3.63) is 94.1 Å². The molecule has 6 saturated carbocycles. The topological polar surface area (TPSA) is 177 Å². The fraction of sp³-hybridized carbons (Fsp3) is 0.737. The van der Waals surface area contributed by atoms with Crippen molar-refractivity contribution in [1.29, 1.82) is 0 Å². The molecule has 4 saturated heterocycles. The van der Waals surface area contributed by atoms with E-state index in [2.05, 4.69) is 66.0 Å². The van der Waals surface area contributed by atoms with Crippen LogP contribution in [0.1, 0.15) is 195 Å². The summed E-state index contributed by atoms with van der Waals surface area (Å²) in [6.07, 6.45) is 22.1. The Morgan fingerprint density at radius 2 is 1.14 bits per heavy atom. The number of amides is 2. The lowest BCUT2D eigenvalue weighted by molar-refractivity contribution is -0.156. The van der Waals surface area contributed by atoms with E-state index in [9.17, 15) is 19.2 Å². The van der Waals surface area contributed by atoms with Crippen molar-refractivity contribution in [2.24, 2.45) is 87.6 Å². The van der Waals surface area contributed by atoms with Gasteiger partial charge in [-0.15, -0.1) is 0 Å². The number of rotatable bonds is 9. The molecule has 0 unspecified atom stereocenters. The molecule has 14 nitrogen and oxygen atoms in total. The van der Waals surface area contributed by atoms with Crippen LogP contribution in [-0.2, 0) is 51.2 Å². The molecule has 12 aliphatic rings. The average molecular weight is 1240 g/mol. The normalized spacial score (nSPS) is 42.3. The molecule has 2 amide bonds. The van der Waals surface area contributed by atoms with Crippen LogP contribution >= 0.6 is 0 Å². The molecule has 0 aromatic heterocycles. The van der Waals surface area contributed by atoms with Crippen LogP contribution in [0.2, 0.25) is 0 Å². The Hall–Kier alpha value is -4.76. The number of carbonyl (C=O) groups excluding carboxylic acids is 4. The third-order valence-corrected chi connectivity index (χ3v) is 27.1. The zero-order valence-electron chi connectivity index (χ0n) is 55.7. The van der Waals surface area contributed by atoms with Gasteiger partial charge >= 0.3 is 24.1 Å². The zero-order valence-corrected chi connectivity index (χ0v) is 55.7. The van der Waals surface area contributed by atoms with Crippen LogP contribution in [0.15, 0.2) is 83.0 Å². The van der Waals surface area contributed by atoms with Gasteiger partial charge in [-0.3, -0.25) is 9.59 Å². The largest absolute Gasteiger partial charge is 0.461 e. The smallest absolute Gasteiger partial charge is 0.410 e. The second kappa shape index (κ2) is 25.9. The Morgan fingerprint density at radius 1 is 0.622 bits per heavy atom. The van der Waals surface area contributed by atoms with Crippen molar-refractivity contribution in [1.82, 2.24) is 15.5 Å². The monoisotopic (exact) mass is 1240 g/mol. The number of nitrogens with zero attached hydrogens (tertiary/aromatic N) is 1. The Bertz CT molecular complexity index is 3010.